The first-order chi connectivity index (χ1) is 11.5. The second-order valence-corrected chi connectivity index (χ2v) is 7.04. The van der Waals surface area contributed by atoms with Crippen LogP contribution in [0.1, 0.15) is 40.3 Å². The lowest BCUT2D eigenvalue weighted by molar-refractivity contribution is 0.0713. The van der Waals surface area contributed by atoms with Gasteiger partial charge in [0.25, 0.3) is 5.91 Å². The van der Waals surface area contributed by atoms with Crippen LogP contribution in [-0.2, 0) is 0 Å². The summed E-state index contributed by atoms with van der Waals surface area (Å²) in [6.07, 6.45) is 0.920. The fourth-order valence-corrected chi connectivity index (χ4v) is 3.77. The number of thiophene rings is 1. The Labute approximate surface area is 148 Å². The Hall–Kier alpha value is -1.44. The van der Waals surface area contributed by atoms with E-state index in [9.17, 15) is 9.59 Å². The van der Waals surface area contributed by atoms with Crippen molar-refractivity contribution >= 4 is 23.2 Å². The Morgan fingerprint density at radius 1 is 1.17 bits per heavy atom. The van der Waals surface area contributed by atoms with Crippen LogP contribution in [0, 0.1) is 0 Å². The van der Waals surface area contributed by atoms with Gasteiger partial charge in [0.15, 0.2) is 0 Å². The highest BCUT2D eigenvalue weighted by Gasteiger charge is 2.20. The number of amides is 2. The van der Waals surface area contributed by atoms with Crippen LogP contribution in [0.4, 0.5) is 0 Å². The molecule has 0 aromatic carbocycles. The Kier molecular flexibility index (Phi) is 7.20. The molecule has 2 heterocycles. The summed E-state index contributed by atoms with van der Waals surface area (Å²) in [5.41, 5.74) is 5.69. The number of rotatable bonds is 8. The van der Waals surface area contributed by atoms with Crippen molar-refractivity contribution in [2.24, 2.45) is 5.73 Å². The van der Waals surface area contributed by atoms with Crippen LogP contribution in [0.3, 0.4) is 0 Å². The van der Waals surface area contributed by atoms with Gasteiger partial charge in [-0.25, -0.2) is 0 Å². The van der Waals surface area contributed by atoms with Gasteiger partial charge in [-0.2, -0.15) is 0 Å². The fraction of sp³-hybridized carbons (Fsp3) is 0.647. The van der Waals surface area contributed by atoms with E-state index in [2.05, 4.69) is 23.6 Å². The predicted octanol–water partition coefficient (Wildman–Crippen LogP) is 1.34. The van der Waals surface area contributed by atoms with E-state index in [-0.39, 0.29) is 5.91 Å². The van der Waals surface area contributed by atoms with Crippen molar-refractivity contribution in [3.05, 3.63) is 21.9 Å². The molecule has 1 saturated heterocycles. The molecule has 24 heavy (non-hydrogen) atoms. The molecule has 134 valence electrons. The molecule has 0 radical (unpaired) electrons. The van der Waals surface area contributed by atoms with E-state index in [0.717, 1.165) is 58.8 Å². The van der Waals surface area contributed by atoms with Crippen LogP contribution < -0.4 is 5.73 Å². The third kappa shape index (κ3) is 5.03. The molecule has 1 aliphatic heterocycles. The third-order valence-corrected chi connectivity index (χ3v) is 5.39. The van der Waals surface area contributed by atoms with Crippen LogP contribution >= 0.6 is 11.3 Å². The molecule has 1 aromatic heterocycles. The van der Waals surface area contributed by atoms with Gasteiger partial charge < -0.3 is 15.5 Å². The maximum Gasteiger partial charge on any atom is 0.263 e. The maximum absolute atomic E-state index is 12.7. The number of hydrogen-bond donors (Lipinski definition) is 1. The van der Waals surface area contributed by atoms with Gasteiger partial charge in [-0.05, 0) is 19.0 Å². The summed E-state index contributed by atoms with van der Waals surface area (Å²) in [6.45, 7) is 12.1. The molecule has 0 unspecified atom stereocenters. The summed E-state index contributed by atoms with van der Waals surface area (Å²) < 4.78 is 0. The van der Waals surface area contributed by atoms with Gasteiger partial charge in [0.1, 0.15) is 0 Å². The average Bonchev–Trinajstić information content (AvgIpc) is 3.09. The first-order valence-electron chi connectivity index (χ1n) is 8.67. The average molecular weight is 353 g/mol. The lowest BCUT2D eigenvalue weighted by Crippen LogP contribution is -2.48. The van der Waals surface area contributed by atoms with Gasteiger partial charge >= 0.3 is 0 Å². The van der Waals surface area contributed by atoms with Gasteiger partial charge in [0.2, 0.25) is 5.91 Å². The minimum atomic E-state index is -0.485. The highest BCUT2D eigenvalue weighted by atomic mass is 32.1. The van der Waals surface area contributed by atoms with Crippen molar-refractivity contribution in [1.82, 2.24) is 14.7 Å². The molecule has 2 N–H and O–H groups in total. The summed E-state index contributed by atoms with van der Waals surface area (Å²) in [5, 5.41) is 1.66. The van der Waals surface area contributed by atoms with E-state index in [1.807, 2.05) is 4.90 Å². The van der Waals surface area contributed by atoms with Crippen molar-refractivity contribution in [3.8, 4) is 0 Å². The number of carbonyl (C=O) groups is 2. The van der Waals surface area contributed by atoms with Gasteiger partial charge in [-0.3, -0.25) is 14.5 Å². The summed E-state index contributed by atoms with van der Waals surface area (Å²) in [5.74, 6) is -0.484. The van der Waals surface area contributed by atoms with Crippen molar-refractivity contribution in [3.63, 3.8) is 0 Å². The molecule has 6 nitrogen and oxygen atoms in total. The number of piperazine rings is 1. The number of primary amides is 1. The first-order valence-corrected chi connectivity index (χ1v) is 9.55. The van der Waals surface area contributed by atoms with E-state index >= 15 is 0 Å². The summed E-state index contributed by atoms with van der Waals surface area (Å²) in [4.78, 5) is 31.3. The molecule has 2 rings (SSSR count). The quantitative estimate of drug-likeness (QED) is 0.766. The normalized spacial score (nSPS) is 16.2. The van der Waals surface area contributed by atoms with Crippen LogP contribution in [0.5, 0.6) is 0 Å². The molecule has 0 bridgehead atoms. The molecule has 0 spiro atoms. The van der Waals surface area contributed by atoms with Crippen LogP contribution in [0.15, 0.2) is 11.4 Å². The van der Waals surface area contributed by atoms with E-state index < -0.39 is 5.91 Å². The van der Waals surface area contributed by atoms with E-state index in [1.165, 1.54) is 11.3 Å². The minimum absolute atomic E-state index is 0.00143. The molecule has 0 aliphatic carbocycles. The molecule has 7 heteroatoms. The number of hydrogen-bond acceptors (Lipinski definition) is 5. The lowest BCUT2D eigenvalue weighted by atomic mass is 10.2. The Bertz CT molecular complexity index is 553. The topological polar surface area (TPSA) is 69.9 Å². The highest BCUT2D eigenvalue weighted by Crippen LogP contribution is 2.17. The van der Waals surface area contributed by atoms with Gasteiger partial charge in [-0.1, -0.05) is 13.8 Å². The molecule has 0 saturated carbocycles. The summed E-state index contributed by atoms with van der Waals surface area (Å²) >= 11 is 1.29. The second kappa shape index (κ2) is 9.15. The fourth-order valence-electron chi connectivity index (χ4n) is 2.91. The number of nitrogens with zero attached hydrogens (tertiary/aromatic N) is 3. The van der Waals surface area contributed by atoms with Crippen LogP contribution in [0.25, 0.3) is 0 Å². The Morgan fingerprint density at radius 3 is 2.38 bits per heavy atom. The van der Waals surface area contributed by atoms with Crippen molar-refractivity contribution in [2.45, 2.75) is 20.3 Å². The van der Waals surface area contributed by atoms with Gasteiger partial charge in [0, 0.05) is 51.2 Å². The third-order valence-electron chi connectivity index (χ3n) is 4.47. The molecule has 1 aromatic rings. The summed E-state index contributed by atoms with van der Waals surface area (Å²) in [6, 6.07) is 1.61. The number of likely N-dealkylation sites (N-methyl/N-ethyl adjacent to an activating group) is 1. The molecule has 1 fully saturated rings. The Morgan fingerprint density at radius 2 is 1.83 bits per heavy atom. The zero-order chi connectivity index (χ0) is 17.5. The van der Waals surface area contributed by atoms with Crippen LogP contribution in [0.2, 0.25) is 0 Å². The summed E-state index contributed by atoms with van der Waals surface area (Å²) in [7, 11) is 0. The first kappa shape index (κ1) is 18.9. The monoisotopic (exact) mass is 352 g/mol. The lowest BCUT2D eigenvalue weighted by Gasteiger charge is -2.35. The van der Waals surface area contributed by atoms with Crippen molar-refractivity contribution < 1.29 is 9.59 Å². The molecule has 0 atom stereocenters. The molecular formula is C17H28N4O2S. The minimum Gasteiger partial charge on any atom is -0.366 e. The largest absolute Gasteiger partial charge is 0.366 e. The molecule has 2 amide bonds. The highest BCUT2D eigenvalue weighted by molar-refractivity contribution is 7.12. The predicted molar refractivity (Wildman–Crippen MR) is 97.6 cm³/mol. The molecular weight excluding hydrogens is 324 g/mol. The van der Waals surface area contributed by atoms with E-state index in [4.69, 9.17) is 5.73 Å². The maximum atomic E-state index is 12.7. The zero-order valence-electron chi connectivity index (χ0n) is 14.7. The van der Waals surface area contributed by atoms with Crippen molar-refractivity contribution in [1.29, 1.82) is 0 Å². The zero-order valence-corrected chi connectivity index (χ0v) is 15.5. The number of carbonyl (C=O) groups excluding carboxylic acids is 2. The standard InChI is InChI=1S/C17H28N4O2S/c1-3-5-21(11-10-20-8-6-19(4-2)7-9-20)17(23)15-12-14(13-24-15)16(18)22/h12-13H,3-11H2,1-2H3,(H2,18,22). The Balaban J connectivity index is 1.90. The van der Waals surface area contributed by atoms with Gasteiger partial charge in [0.05, 0.1) is 10.4 Å². The number of nitrogens with two attached hydrogens (primary N) is 1. The SMILES string of the molecule is CCCN(CCN1CCN(CC)CC1)C(=O)c1cc(C(N)=O)cs1. The second-order valence-electron chi connectivity index (χ2n) is 6.13. The smallest absolute Gasteiger partial charge is 0.263 e. The van der Waals surface area contributed by atoms with Gasteiger partial charge in [-0.15, -0.1) is 11.3 Å². The van der Waals surface area contributed by atoms with Crippen LogP contribution in [-0.4, -0.2) is 78.9 Å². The van der Waals surface area contributed by atoms with E-state index in [1.54, 1.807) is 11.4 Å². The van der Waals surface area contributed by atoms with E-state index in [0.29, 0.717) is 10.4 Å². The van der Waals surface area contributed by atoms with Crippen molar-refractivity contribution in [2.75, 3.05) is 52.4 Å². The molecule has 1 aliphatic rings.